The highest BCUT2D eigenvalue weighted by atomic mass is 16.6. The van der Waals surface area contributed by atoms with Crippen molar-refractivity contribution in [3.8, 4) is 0 Å². The Balaban J connectivity index is 2.10. The van der Waals surface area contributed by atoms with E-state index in [0.717, 1.165) is 25.9 Å². The first-order chi connectivity index (χ1) is 7.77. The molecule has 0 spiro atoms. The molecule has 0 saturated carbocycles. The normalized spacial score (nSPS) is 20.4. The molecule has 2 N–H and O–H groups in total. The summed E-state index contributed by atoms with van der Waals surface area (Å²) in [4.78, 5) is 10.5. The highest BCUT2D eigenvalue weighted by Crippen LogP contribution is 2.24. The van der Waals surface area contributed by atoms with Gasteiger partial charge in [0, 0.05) is 18.7 Å². The van der Waals surface area contributed by atoms with Crippen LogP contribution < -0.4 is 10.6 Å². The van der Waals surface area contributed by atoms with Crippen LogP contribution in [-0.2, 0) is 0 Å². The molecule has 16 heavy (non-hydrogen) atoms. The molecule has 86 valence electrons. The Labute approximate surface area is 94.0 Å². The number of benzene rings is 1. The van der Waals surface area contributed by atoms with Gasteiger partial charge in [-0.1, -0.05) is 12.1 Å². The van der Waals surface area contributed by atoms with E-state index in [1.54, 1.807) is 12.1 Å². The first-order valence-corrected chi connectivity index (χ1v) is 5.48. The first kappa shape index (κ1) is 10.9. The molecule has 5 nitrogen and oxygen atoms in total. The van der Waals surface area contributed by atoms with E-state index in [9.17, 15) is 10.1 Å². The molecule has 1 saturated heterocycles. The number of nitro benzene ring substituents is 1. The maximum atomic E-state index is 10.8. The molecule has 1 aliphatic heterocycles. The number of anilines is 1. The van der Waals surface area contributed by atoms with Crippen molar-refractivity contribution in [3.05, 3.63) is 34.4 Å². The van der Waals surface area contributed by atoms with Crippen LogP contribution in [0.1, 0.15) is 12.8 Å². The zero-order chi connectivity index (χ0) is 11.4. The summed E-state index contributed by atoms with van der Waals surface area (Å²) in [6.45, 7) is 1.90. The minimum atomic E-state index is -0.349. The number of piperidine rings is 1. The SMILES string of the molecule is O=[N+]([O-])c1ccccc1NC1CCCNC1. The Hall–Kier alpha value is -1.62. The van der Waals surface area contributed by atoms with E-state index in [-0.39, 0.29) is 16.7 Å². The molecule has 0 aromatic heterocycles. The lowest BCUT2D eigenvalue weighted by Crippen LogP contribution is -2.38. The van der Waals surface area contributed by atoms with Gasteiger partial charge >= 0.3 is 0 Å². The van der Waals surface area contributed by atoms with Crippen molar-refractivity contribution in [3.63, 3.8) is 0 Å². The van der Waals surface area contributed by atoms with Gasteiger partial charge in [0.25, 0.3) is 5.69 Å². The Morgan fingerprint density at radius 3 is 2.94 bits per heavy atom. The number of nitro groups is 1. The van der Waals surface area contributed by atoms with Crippen LogP contribution in [0, 0.1) is 10.1 Å². The fourth-order valence-electron chi connectivity index (χ4n) is 1.95. The van der Waals surface area contributed by atoms with Crippen LogP contribution in [0.2, 0.25) is 0 Å². The average Bonchev–Trinajstić information content (AvgIpc) is 2.31. The number of nitrogens with one attached hydrogen (secondary N) is 2. The van der Waals surface area contributed by atoms with E-state index in [1.807, 2.05) is 6.07 Å². The van der Waals surface area contributed by atoms with Crippen LogP contribution in [0.4, 0.5) is 11.4 Å². The summed E-state index contributed by atoms with van der Waals surface area (Å²) < 4.78 is 0. The molecular weight excluding hydrogens is 206 g/mol. The van der Waals surface area contributed by atoms with Crippen molar-refractivity contribution in [2.24, 2.45) is 0 Å². The number of hydrogen-bond acceptors (Lipinski definition) is 4. The fourth-order valence-corrected chi connectivity index (χ4v) is 1.95. The van der Waals surface area contributed by atoms with E-state index >= 15 is 0 Å². The van der Waals surface area contributed by atoms with Crippen molar-refractivity contribution in [2.75, 3.05) is 18.4 Å². The van der Waals surface area contributed by atoms with Crippen LogP contribution in [-0.4, -0.2) is 24.1 Å². The van der Waals surface area contributed by atoms with Crippen molar-refractivity contribution in [1.82, 2.24) is 5.32 Å². The molecule has 0 amide bonds. The number of hydrogen-bond donors (Lipinski definition) is 2. The minimum Gasteiger partial charge on any atom is -0.375 e. The molecule has 0 radical (unpaired) electrons. The Kier molecular flexibility index (Phi) is 3.36. The molecule has 1 atom stereocenters. The van der Waals surface area contributed by atoms with Crippen molar-refractivity contribution in [1.29, 1.82) is 0 Å². The third-order valence-corrected chi connectivity index (χ3v) is 2.76. The number of nitrogens with zero attached hydrogens (tertiary/aromatic N) is 1. The molecule has 1 aromatic carbocycles. The van der Waals surface area contributed by atoms with E-state index in [4.69, 9.17) is 0 Å². The van der Waals surface area contributed by atoms with Gasteiger partial charge in [-0.2, -0.15) is 0 Å². The van der Waals surface area contributed by atoms with Gasteiger partial charge in [-0.15, -0.1) is 0 Å². The highest BCUT2D eigenvalue weighted by molar-refractivity contribution is 5.61. The van der Waals surface area contributed by atoms with E-state index in [2.05, 4.69) is 10.6 Å². The lowest BCUT2D eigenvalue weighted by molar-refractivity contribution is -0.384. The van der Waals surface area contributed by atoms with Gasteiger partial charge in [0.15, 0.2) is 0 Å². The third kappa shape index (κ3) is 2.49. The van der Waals surface area contributed by atoms with Crippen LogP contribution in [0.15, 0.2) is 24.3 Å². The molecule has 0 bridgehead atoms. The van der Waals surface area contributed by atoms with Crippen molar-refractivity contribution < 1.29 is 4.92 Å². The average molecular weight is 221 g/mol. The summed E-state index contributed by atoms with van der Waals surface area (Å²) in [5.41, 5.74) is 0.759. The second-order valence-electron chi connectivity index (χ2n) is 3.96. The molecule has 5 heteroatoms. The summed E-state index contributed by atoms with van der Waals surface area (Å²) in [6, 6.07) is 7.06. The summed E-state index contributed by atoms with van der Waals surface area (Å²) in [6.07, 6.45) is 2.16. The standard InChI is InChI=1S/C11H15N3O2/c15-14(16)11-6-2-1-5-10(11)13-9-4-3-7-12-8-9/h1-2,5-6,9,12-13H,3-4,7-8H2. The van der Waals surface area contributed by atoms with Crippen LogP contribution >= 0.6 is 0 Å². The van der Waals surface area contributed by atoms with Crippen LogP contribution in [0.3, 0.4) is 0 Å². The second-order valence-corrected chi connectivity index (χ2v) is 3.96. The largest absolute Gasteiger partial charge is 0.375 e. The Bertz CT molecular complexity index is 375. The van der Waals surface area contributed by atoms with Crippen LogP contribution in [0.25, 0.3) is 0 Å². The predicted octanol–water partition coefficient (Wildman–Crippen LogP) is 1.76. The summed E-state index contributed by atoms with van der Waals surface area (Å²) >= 11 is 0. The Morgan fingerprint density at radius 2 is 2.25 bits per heavy atom. The number of para-hydroxylation sites is 2. The molecular formula is C11H15N3O2. The zero-order valence-electron chi connectivity index (χ0n) is 8.98. The molecule has 1 fully saturated rings. The van der Waals surface area contributed by atoms with E-state index < -0.39 is 0 Å². The van der Waals surface area contributed by atoms with Gasteiger partial charge in [-0.25, -0.2) is 0 Å². The van der Waals surface area contributed by atoms with Crippen LogP contribution in [0.5, 0.6) is 0 Å². The zero-order valence-corrected chi connectivity index (χ0v) is 8.98. The molecule has 2 rings (SSSR count). The van der Waals surface area contributed by atoms with E-state index in [0.29, 0.717) is 5.69 Å². The molecule has 1 heterocycles. The maximum Gasteiger partial charge on any atom is 0.292 e. The van der Waals surface area contributed by atoms with E-state index in [1.165, 1.54) is 6.07 Å². The van der Waals surface area contributed by atoms with Gasteiger partial charge in [-0.05, 0) is 25.5 Å². The van der Waals surface area contributed by atoms with Crippen molar-refractivity contribution >= 4 is 11.4 Å². The smallest absolute Gasteiger partial charge is 0.292 e. The maximum absolute atomic E-state index is 10.8. The Morgan fingerprint density at radius 1 is 1.44 bits per heavy atom. The lowest BCUT2D eigenvalue weighted by atomic mass is 10.1. The minimum absolute atomic E-state index is 0.146. The summed E-state index contributed by atoms with van der Waals surface area (Å²) in [5, 5.41) is 17.3. The topological polar surface area (TPSA) is 67.2 Å². The van der Waals surface area contributed by atoms with Crippen molar-refractivity contribution in [2.45, 2.75) is 18.9 Å². The predicted molar refractivity (Wildman–Crippen MR) is 62.6 cm³/mol. The first-order valence-electron chi connectivity index (χ1n) is 5.48. The van der Waals surface area contributed by atoms with Gasteiger partial charge in [0.1, 0.15) is 5.69 Å². The van der Waals surface area contributed by atoms with Gasteiger partial charge in [0.05, 0.1) is 4.92 Å². The monoisotopic (exact) mass is 221 g/mol. The molecule has 1 unspecified atom stereocenters. The molecule has 1 aromatic rings. The van der Waals surface area contributed by atoms with Gasteiger partial charge in [-0.3, -0.25) is 10.1 Å². The quantitative estimate of drug-likeness (QED) is 0.603. The summed E-state index contributed by atoms with van der Waals surface area (Å²) in [7, 11) is 0. The molecule has 0 aliphatic carbocycles. The van der Waals surface area contributed by atoms with Gasteiger partial charge < -0.3 is 10.6 Å². The highest BCUT2D eigenvalue weighted by Gasteiger charge is 2.17. The fraction of sp³-hybridized carbons (Fsp3) is 0.455. The lowest BCUT2D eigenvalue weighted by Gasteiger charge is -2.24. The second kappa shape index (κ2) is 4.94. The third-order valence-electron chi connectivity index (χ3n) is 2.76. The molecule has 1 aliphatic rings. The van der Waals surface area contributed by atoms with Gasteiger partial charge in [0.2, 0.25) is 0 Å². The number of rotatable bonds is 3. The summed E-state index contributed by atoms with van der Waals surface area (Å²) in [5.74, 6) is 0.